The van der Waals surface area contributed by atoms with Crippen LogP contribution in [0.25, 0.3) is 72.7 Å². The first-order chi connectivity index (χ1) is 35.1. The van der Waals surface area contributed by atoms with Gasteiger partial charge in [0.25, 0.3) is 0 Å². The lowest BCUT2D eigenvalue weighted by atomic mass is 9.79. The summed E-state index contributed by atoms with van der Waals surface area (Å²) in [6.45, 7) is 6.94. The van der Waals surface area contributed by atoms with Crippen LogP contribution in [0.4, 0.5) is 0 Å². The molecule has 0 saturated heterocycles. The zero-order valence-electron chi connectivity index (χ0n) is 50.0. The van der Waals surface area contributed by atoms with Crippen molar-refractivity contribution in [1.82, 2.24) is 4.57 Å². The van der Waals surface area contributed by atoms with Gasteiger partial charge >= 0.3 is 11.7 Å². The van der Waals surface area contributed by atoms with Gasteiger partial charge in [-0.2, -0.15) is 4.57 Å². The Kier molecular flexibility index (Phi) is 6.01. The van der Waals surface area contributed by atoms with Crippen molar-refractivity contribution in [3.05, 3.63) is 167 Å². The standard InChI is InChI=1S/C60H61N3O/c1-36-29-38(40-30-42(57(5,6)7)33-43(31-40)58(8,9)10)23-26-49(36)62-50-19-16-18-45-47-34-44(59(11,12)13)35-48-51-32-39(37-21-24-41(25-22-37)56(2,3)4)27-28-61(51)60(53(47)48)63(54(45)50)55(62)46-17-14-15-20-52(46)64-60/h14-35H,1-13H3/q+2/i1D3,2D3,3D3,4D3. The van der Waals surface area contributed by atoms with Crippen LogP contribution in [-0.2, 0) is 27.5 Å². The largest absolute Gasteiger partial charge is 0.499 e. The molecule has 0 fully saturated rings. The Hall–Kier alpha value is -6.26. The molecule has 0 aliphatic carbocycles. The SMILES string of the molecule is [2H]C([2H])([2H])c1cc(-c2cc(C(C)(C)C)cc(C(C)(C)C)c2)ccc1-n1c2[n+]3c4c(cccc41)-c1cc(C(C)(C)C)cc4c1C3(Oc1ccccc1-2)[n+]1ccc(-c2ccc(C(C([2H])([2H])[2H])(C([2H])([2H])[2H])C([2H])([2H])[2H])cc2)cc1-4. The summed E-state index contributed by atoms with van der Waals surface area (Å²) in [5.74, 6) is -0.0606. The molecule has 3 aliphatic heterocycles. The molecule has 3 aliphatic rings. The first-order valence-electron chi connectivity index (χ1n) is 28.2. The van der Waals surface area contributed by atoms with Crippen LogP contribution in [-0.4, -0.2) is 4.57 Å². The Morgan fingerprint density at radius 1 is 0.531 bits per heavy atom. The van der Waals surface area contributed by atoms with Crippen LogP contribution in [0.2, 0.25) is 0 Å². The van der Waals surface area contributed by atoms with E-state index >= 15 is 0 Å². The van der Waals surface area contributed by atoms with Gasteiger partial charge in [-0.15, -0.1) is 9.13 Å². The van der Waals surface area contributed by atoms with E-state index in [9.17, 15) is 4.11 Å². The average molecular weight is 852 g/mol. The second kappa shape index (κ2) is 13.2. The van der Waals surface area contributed by atoms with Crippen molar-refractivity contribution >= 4 is 11.0 Å². The molecule has 2 aromatic heterocycles. The van der Waals surface area contributed by atoms with Gasteiger partial charge in [-0.1, -0.05) is 150 Å². The molecule has 4 nitrogen and oxygen atoms in total. The van der Waals surface area contributed by atoms with Gasteiger partial charge in [-0.3, -0.25) is 0 Å². The number of aryl methyl sites for hydroxylation is 1. The molecule has 11 rings (SSSR count). The first-order valence-corrected chi connectivity index (χ1v) is 22.2. The van der Waals surface area contributed by atoms with Gasteiger partial charge in [0.1, 0.15) is 22.6 Å². The lowest BCUT2D eigenvalue weighted by Crippen LogP contribution is -2.78. The monoisotopic (exact) mass is 852 g/mol. The zero-order valence-corrected chi connectivity index (χ0v) is 38.0. The maximum absolute atomic E-state index is 9.24. The maximum Gasteiger partial charge on any atom is 0.499 e. The molecule has 4 heteroatoms. The van der Waals surface area contributed by atoms with Gasteiger partial charge in [-0.25, -0.2) is 0 Å². The number of pyridine rings is 1. The lowest BCUT2D eigenvalue weighted by Gasteiger charge is -2.32. The molecule has 0 bridgehead atoms. The highest BCUT2D eigenvalue weighted by Crippen LogP contribution is 2.54. The summed E-state index contributed by atoms with van der Waals surface area (Å²) in [5.41, 5.74) is 9.98. The number of rotatable bonds is 3. The van der Waals surface area contributed by atoms with Gasteiger partial charge in [0.15, 0.2) is 17.2 Å². The van der Waals surface area contributed by atoms with Crippen LogP contribution in [0.15, 0.2) is 134 Å². The summed E-state index contributed by atoms with van der Waals surface area (Å²) in [7, 11) is 0. The van der Waals surface area contributed by atoms with Crippen LogP contribution in [0.1, 0.15) is 133 Å². The molecule has 8 aromatic rings. The fourth-order valence-electron chi connectivity index (χ4n) is 10.1. The Bertz CT molecular complexity index is 3680. The van der Waals surface area contributed by atoms with E-state index in [4.69, 9.17) is 17.1 Å². The highest BCUT2D eigenvalue weighted by Gasteiger charge is 2.68. The predicted octanol–water partition coefficient (Wildman–Crippen LogP) is 14.3. The minimum atomic E-state index is -3.40. The van der Waals surface area contributed by atoms with E-state index in [1.54, 1.807) is 12.1 Å². The maximum atomic E-state index is 9.24. The topological polar surface area (TPSA) is 21.9 Å². The number of fused-ring (bicyclic) bond motifs is 5. The molecule has 0 radical (unpaired) electrons. The number of nitrogens with zero attached hydrogens (tertiary/aromatic N) is 3. The predicted molar refractivity (Wildman–Crippen MR) is 263 cm³/mol. The summed E-state index contributed by atoms with van der Waals surface area (Å²) < 4.78 is 117. The van der Waals surface area contributed by atoms with E-state index in [1.165, 1.54) is 12.1 Å². The van der Waals surface area contributed by atoms with Crippen LogP contribution >= 0.6 is 0 Å². The van der Waals surface area contributed by atoms with E-state index < -0.39 is 38.7 Å². The third-order valence-corrected chi connectivity index (χ3v) is 13.7. The van der Waals surface area contributed by atoms with Crippen LogP contribution in [0, 0.1) is 6.85 Å². The minimum Gasteiger partial charge on any atom is -0.392 e. The Morgan fingerprint density at radius 2 is 1.17 bits per heavy atom. The molecule has 5 heterocycles. The number of hydrogen-bond donors (Lipinski definition) is 0. The third kappa shape index (κ3) is 5.80. The summed E-state index contributed by atoms with van der Waals surface area (Å²) in [4.78, 5) is 0. The number of aromatic nitrogens is 3. The van der Waals surface area contributed by atoms with Crippen molar-refractivity contribution < 1.29 is 30.3 Å². The summed E-state index contributed by atoms with van der Waals surface area (Å²) in [6.07, 6.45) is 1.96. The van der Waals surface area contributed by atoms with Crippen LogP contribution in [0.3, 0.4) is 0 Å². The molecule has 0 saturated carbocycles. The fourth-order valence-corrected chi connectivity index (χ4v) is 10.1. The number of benzene rings is 6. The van der Waals surface area contributed by atoms with E-state index in [1.807, 2.05) is 72.9 Å². The molecular formula is C60H61N3O+2. The minimum absolute atomic E-state index is 0.157. The average Bonchev–Trinajstić information content (AvgIpc) is 3.85. The highest BCUT2D eigenvalue weighted by molar-refractivity contribution is 5.98. The van der Waals surface area contributed by atoms with E-state index in [0.717, 1.165) is 78.2 Å². The van der Waals surface area contributed by atoms with Crippen molar-refractivity contribution in [1.29, 1.82) is 0 Å². The molecule has 0 amide bonds. The van der Waals surface area contributed by atoms with Gasteiger partial charge in [-0.05, 0) is 127 Å². The van der Waals surface area contributed by atoms with Crippen molar-refractivity contribution in [3.63, 3.8) is 0 Å². The Morgan fingerprint density at radius 3 is 1.86 bits per heavy atom. The highest BCUT2D eigenvalue weighted by atomic mass is 16.5. The van der Waals surface area contributed by atoms with E-state index in [-0.39, 0.29) is 27.4 Å². The second-order valence-electron chi connectivity index (χ2n) is 21.1. The number of ether oxygens (including phenoxy) is 1. The van der Waals surface area contributed by atoms with Gasteiger partial charge in [0.05, 0.1) is 5.56 Å². The molecule has 6 aromatic carbocycles. The van der Waals surface area contributed by atoms with Gasteiger partial charge < -0.3 is 4.74 Å². The lowest BCUT2D eigenvalue weighted by molar-refractivity contribution is -0.997. The molecule has 1 atom stereocenters. The fraction of sp³-hybridized carbons (Fsp3) is 0.300. The first kappa shape index (κ1) is 29.2. The summed E-state index contributed by atoms with van der Waals surface area (Å²) >= 11 is 0. The molecule has 1 unspecified atom stereocenters. The molecule has 320 valence electrons. The number of hydrogen-bond acceptors (Lipinski definition) is 1. The van der Waals surface area contributed by atoms with Crippen LogP contribution < -0.4 is 13.9 Å². The molecule has 1 spiro atoms. The number of imidazole rings is 1. The second-order valence-corrected chi connectivity index (χ2v) is 21.1. The number of para-hydroxylation sites is 2. The third-order valence-electron chi connectivity index (χ3n) is 13.7. The quantitative estimate of drug-likeness (QED) is 0.162. The Labute approximate surface area is 396 Å². The zero-order chi connectivity index (χ0) is 55.0. The van der Waals surface area contributed by atoms with Crippen molar-refractivity contribution in [2.24, 2.45) is 0 Å². The summed E-state index contributed by atoms with van der Waals surface area (Å²) in [5, 5.41) is 0. The van der Waals surface area contributed by atoms with E-state index in [2.05, 4.69) is 112 Å². The Balaban J connectivity index is 1.18. The van der Waals surface area contributed by atoms with Crippen molar-refractivity contribution in [2.75, 3.05) is 0 Å². The summed E-state index contributed by atoms with van der Waals surface area (Å²) in [6, 6.07) is 40.7. The molecular weight excluding hydrogens is 779 g/mol. The van der Waals surface area contributed by atoms with Crippen molar-refractivity contribution in [3.8, 4) is 67.5 Å². The van der Waals surface area contributed by atoms with Gasteiger partial charge in [0.2, 0.25) is 5.69 Å². The van der Waals surface area contributed by atoms with Crippen LogP contribution in [0.5, 0.6) is 5.75 Å². The van der Waals surface area contributed by atoms with Gasteiger partial charge in [0, 0.05) is 39.7 Å². The normalized spacial score (nSPS) is 19.6. The van der Waals surface area contributed by atoms with E-state index in [0.29, 0.717) is 22.6 Å². The molecule has 64 heavy (non-hydrogen) atoms. The van der Waals surface area contributed by atoms with Crippen molar-refractivity contribution in [2.45, 2.75) is 117 Å². The molecule has 0 N–H and O–H groups in total. The smallest absolute Gasteiger partial charge is 0.392 e.